The molecule has 0 aliphatic heterocycles. The summed E-state index contributed by atoms with van der Waals surface area (Å²) in [5.74, 6) is -0.929. The van der Waals surface area contributed by atoms with Gasteiger partial charge in [-0.25, -0.2) is 4.79 Å². The lowest BCUT2D eigenvalue weighted by Crippen LogP contribution is -2.43. The second kappa shape index (κ2) is 5.48. The van der Waals surface area contributed by atoms with E-state index < -0.39 is 5.97 Å². The standard InChI is InChI=1S/C14H20N2O2/c1-14(7-3-2-4-8-14)16-10-12-6-5-11(9-15-12)13(17)18/h5-6,9,16H,2-4,7-8,10H2,1H3,(H,17,18). The Labute approximate surface area is 107 Å². The molecule has 0 aromatic carbocycles. The molecule has 0 bridgehead atoms. The summed E-state index contributed by atoms with van der Waals surface area (Å²) in [4.78, 5) is 14.9. The molecule has 1 fully saturated rings. The lowest BCUT2D eigenvalue weighted by Gasteiger charge is -2.34. The van der Waals surface area contributed by atoms with Crippen molar-refractivity contribution < 1.29 is 9.90 Å². The molecule has 0 atom stereocenters. The van der Waals surface area contributed by atoms with Crippen molar-refractivity contribution in [3.05, 3.63) is 29.6 Å². The van der Waals surface area contributed by atoms with Crippen LogP contribution in [0.2, 0.25) is 0 Å². The van der Waals surface area contributed by atoms with Crippen LogP contribution in [0.15, 0.2) is 18.3 Å². The van der Waals surface area contributed by atoms with Gasteiger partial charge in [-0.05, 0) is 31.9 Å². The minimum absolute atomic E-state index is 0.214. The number of carboxylic acids is 1. The quantitative estimate of drug-likeness (QED) is 0.859. The first-order valence-electron chi connectivity index (χ1n) is 6.52. The van der Waals surface area contributed by atoms with Crippen molar-refractivity contribution in [2.24, 2.45) is 0 Å². The maximum Gasteiger partial charge on any atom is 0.337 e. The number of carboxylic acid groups (broad SMARTS) is 1. The SMILES string of the molecule is CC1(NCc2ccc(C(=O)O)cn2)CCCCC1. The summed E-state index contributed by atoms with van der Waals surface area (Å²) >= 11 is 0. The van der Waals surface area contributed by atoms with Gasteiger partial charge in [-0.1, -0.05) is 19.3 Å². The molecule has 4 nitrogen and oxygen atoms in total. The number of hydrogen-bond donors (Lipinski definition) is 2. The van der Waals surface area contributed by atoms with Gasteiger partial charge in [0.25, 0.3) is 0 Å². The second-order valence-corrected chi connectivity index (χ2v) is 5.32. The number of aromatic nitrogens is 1. The van der Waals surface area contributed by atoms with Crippen molar-refractivity contribution in [3.63, 3.8) is 0 Å². The van der Waals surface area contributed by atoms with Gasteiger partial charge < -0.3 is 10.4 Å². The first-order chi connectivity index (χ1) is 8.59. The van der Waals surface area contributed by atoms with E-state index >= 15 is 0 Å². The lowest BCUT2D eigenvalue weighted by atomic mass is 9.83. The number of aromatic carboxylic acids is 1. The van der Waals surface area contributed by atoms with Crippen LogP contribution in [0.25, 0.3) is 0 Å². The average Bonchev–Trinajstić information content (AvgIpc) is 2.38. The van der Waals surface area contributed by atoms with E-state index in [9.17, 15) is 4.79 Å². The molecular weight excluding hydrogens is 228 g/mol. The maximum atomic E-state index is 10.7. The highest BCUT2D eigenvalue weighted by Gasteiger charge is 2.25. The van der Waals surface area contributed by atoms with Crippen LogP contribution in [0, 0.1) is 0 Å². The van der Waals surface area contributed by atoms with E-state index in [0.29, 0.717) is 6.54 Å². The number of hydrogen-bond acceptors (Lipinski definition) is 3. The minimum atomic E-state index is -0.929. The maximum absolute atomic E-state index is 10.7. The van der Waals surface area contributed by atoms with Crippen molar-refractivity contribution in [1.82, 2.24) is 10.3 Å². The predicted octanol–water partition coefficient (Wildman–Crippen LogP) is 2.59. The molecule has 0 saturated heterocycles. The Bertz CT molecular complexity index is 408. The zero-order valence-electron chi connectivity index (χ0n) is 10.8. The van der Waals surface area contributed by atoms with E-state index in [2.05, 4.69) is 17.2 Å². The van der Waals surface area contributed by atoms with Crippen molar-refractivity contribution in [1.29, 1.82) is 0 Å². The second-order valence-electron chi connectivity index (χ2n) is 5.32. The third-order valence-corrected chi connectivity index (χ3v) is 3.73. The van der Waals surface area contributed by atoms with E-state index in [0.717, 1.165) is 5.69 Å². The van der Waals surface area contributed by atoms with Gasteiger partial charge >= 0.3 is 5.97 Å². The summed E-state index contributed by atoms with van der Waals surface area (Å²) in [6.45, 7) is 2.97. The van der Waals surface area contributed by atoms with Gasteiger partial charge in [-0.2, -0.15) is 0 Å². The highest BCUT2D eigenvalue weighted by Crippen LogP contribution is 2.27. The molecule has 1 aromatic heterocycles. The van der Waals surface area contributed by atoms with E-state index in [4.69, 9.17) is 5.11 Å². The molecule has 2 N–H and O–H groups in total. The van der Waals surface area contributed by atoms with Gasteiger partial charge in [0.15, 0.2) is 0 Å². The topological polar surface area (TPSA) is 62.2 Å². The van der Waals surface area contributed by atoms with Gasteiger partial charge in [0, 0.05) is 18.3 Å². The summed E-state index contributed by atoms with van der Waals surface area (Å²) in [7, 11) is 0. The third-order valence-electron chi connectivity index (χ3n) is 3.73. The summed E-state index contributed by atoms with van der Waals surface area (Å²) in [5.41, 5.74) is 1.35. The van der Waals surface area contributed by atoms with Crippen LogP contribution in [0.1, 0.15) is 55.1 Å². The van der Waals surface area contributed by atoms with E-state index in [1.165, 1.54) is 38.3 Å². The fourth-order valence-corrected chi connectivity index (χ4v) is 2.47. The molecule has 98 valence electrons. The van der Waals surface area contributed by atoms with Crippen LogP contribution in [-0.4, -0.2) is 21.6 Å². The van der Waals surface area contributed by atoms with Crippen molar-refractivity contribution in [3.8, 4) is 0 Å². The van der Waals surface area contributed by atoms with E-state index in [-0.39, 0.29) is 11.1 Å². The Morgan fingerprint density at radius 2 is 2.11 bits per heavy atom. The van der Waals surface area contributed by atoms with Gasteiger partial charge in [0.05, 0.1) is 11.3 Å². The van der Waals surface area contributed by atoms with Crippen LogP contribution < -0.4 is 5.32 Å². The molecule has 1 aromatic rings. The van der Waals surface area contributed by atoms with Gasteiger partial charge in [-0.3, -0.25) is 4.98 Å². The molecular formula is C14H20N2O2. The van der Waals surface area contributed by atoms with Crippen molar-refractivity contribution in [2.75, 3.05) is 0 Å². The first kappa shape index (κ1) is 13.0. The molecule has 18 heavy (non-hydrogen) atoms. The van der Waals surface area contributed by atoms with Crippen LogP contribution in [0.3, 0.4) is 0 Å². The lowest BCUT2D eigenvalue weighted by molar-refractivity contribution is 0.0696. The fourth-order valence-electron chi connectivity index (χ4n) is 2.47. The molecule has 1 saturated carbocycles. The average molecular weight is 248 g/mol. The van der Waals surface area contributed by atoms with Crippen molar-refractivity contribution in [2.45, 2.75) is 51.1 Å². The van der Waals surface area contributed by atoms with Gasteiger partial charge in [0.2, 0.25) is 0 Å². The monoisotopic (exact) mass is 248 g/mol. The molecule has 2 rings (SSSR count). The first-order valence-corrected chi connectivity index (χ1v) is 6.52. The van der Waals surface area contributed by atoms with Crippen molar-refractivity contribution >= 4 is 5.97 Å². The van der Waals surface area contributed by atoms with Crippen LogP contribution in [-0.2, 0) is 6.54 Å². The Hall–Kier alpha value is -1.42. The Morgan fingerprint density at radius 3 is 2.67 bits per heavy atom. The number of rotatable bonds is 4. The predicted molar refractivity (Wildman–Crippen MR) is 69.5 cm³/mol. The molecule has 4 heteroatoms. The normalized spacial score (nSPS) is 18.5. The summed E-state index contributed by atoms with van der Waals surface area (Å²) in [6, 6.07) is 3.39. The molecule has 0 unspecified atom stereocenters. The van der Waals surface area contributed by atoms with Crippen LogP contribution >= 0.6 is 0 Å². The smallest absolute Gasteiger partial charge is 0.337 e. The Morgan fingerprint density at radius 1 is 1.39 bits per heavy atom. The molecule has 1 aliphatic rings. The van der Waals surface area contributed by atoms with Gasteiger partial charge in [0.1, 0.15) is 0 Å². The number of carbonyl (C=O) groups is 1. The number of pyridine rings is 1. The highest BCUT2D eigenvalue weighted by atomic mass is 16.4. The van der Waals surface area contributed by atoms with Crippen LogP contribution in [0.4, 0.5) is 0 Å². The van der Waals surface area contributed by atoms with E-state index in [1.54, 1.807) is 12.1 Å². The minimum Gasteiger partial charge on any atom is -0.478 e. The molecule has 1 aliphatic carbocycles. The van der Waals surface area contributed by atoms with Crippen LogP contribution in [0.5, 0.6) is 0 Å². The molecule has 0 radical (unpaired) electrons. The Kier molecular flexibility index (Phi) is 3.97. The fraction of sp³-hybridized carbons (Fsp3) is 0.571. The molecule has 0 spiro atoms. The summed E-state index contributed by atoms with van der Waals surface area (Å²) in [6.07, 6.45) is 7.75. The highest BCUT2D eigenvalue weighted by molar-refractivity contribution is 5.87. The van der Waals surface area contributed by atoms with Gasteiger partial charge in [-0.15, -0.1) is 0 Å². The largest absolute Gasteiger partial charge is 0.478 e. The number of nitrogens with zero attached hydrogens (tertiary/aromatic N) is 1. The van der Waals surface area contributed by atoms with E-state index in [1.807, 2.05) is 0 Å². The summed E-state index contributed by atoms with van der Waals surface area (Å²) in [5, 5.41) is 12.3. The zero-order chi connectivity index (χ0) is 13.0. The Balaban J connectivity index is 1.91. The molecule has 1 heterocycles. The molecule has 0 amide bonds. The number of nitrogens with one attached hydrogen (secondary N) is 1. The zero-order valence-corrected chi connectivity index (χ0v) is 10.8. The summed E-state index contributed by atoms with van der Waals surface area (Å²) < 4.78 is 0. The third kappa shape index (κ3) is 3.29.